The lowest BCUT2D eigenvalue weighted by Gasteiger charge is -2.06. The molecule has 1 aliphatic rings. The van der Waals surface area contributed by atoms with Crippen LogP contribution in [0.25, 0.3) is 0 Å². The van der Waals surface area contributed by atoms with Gasteiger partial charge in [0.25, 0.3) is 5.84 Å². The fraction of sp³-hybridized carbons (Fsp3) is 0.364. The van der Waals surface area contributed by atoms with Crippen molar-refractivity contribution < 1.29 is 21.8 Å². The van der Waals surface area contributed by atoms with Crippen molar-refractivity contribution in [2.24, 2.45) is 0 Å². The number of hydrogen-bond donors (Lipinski definition) is 3. The minimum absolute atomic E-state index is 0.00681. The molecule has 7 nitrogen and oxygen atoms in total. The molecule has 1 aromatic carbocycles. The Balaban J connectivity index is 2.25. The minimum atomic E-state index is -3.71. The first-order valence-corrected chi connectivity index (χ1v) is 9.34. The molecule has 1 aromatic rings. The molecular formula is C11H16N3O4S2+. The van der Waals surface area contributed by atoms with E-state index in [1.165, 1.54) is 24.3 Å². The van der Waals surface area contributed by atoms with Crippen LogP contribution in [0, 0.1) is 0 Å². The Morgan fingerprint density at radius 2 is 1.90 bits per heavy atom. The monoisotopic (exact) mass is 318 g/mol. The zero-order valence-electron chi connectivity index (χ0n) is 10.9. The van der Waals surface area contributed by atoms with Gasteiger partial charge in [0, 0.05) is 5.69 Å². The molecular weight excluding hydrogens is 302 g/mol. The van der Waals surface area contributed by atoms with Crippen LogP contribution in [-0.4, -0.2) is 35.5 Å². The molecule has 2 rings (SSSR count). The topological polar surface area (TPSA) is 106 Å². The fourth-order valence-corrected chi connectivity index (χ4v) is 3.55. The Morgan fingerprint density at radius 1 is 1.15 bits per heavy atom. The third-order valence-corrected chi connectivity index (χ3v) is 4.64. The summed E-state index contributed by atoms with van der Waals surface area (Å²) < 4.78 is 51.3. The molecule has 9 heteroatoms. The highest BCUT2D eigenvalue weighted by Gasteiger charge is 2.24. The van der Waals surface area contributed by atoms with Gasteiger partial charge in [0.2, 0.25) is 10.0 Å². The largest absolute Gasteiger partial charge is 0.328 e. The van der Waals surface area contributed by atoms with Crippen LogP contribution in [0.5, 0.6) is 0 Å². The Morgan fingerprint density at radius 3 is 2.50 bits per heavy atom. The van der Waals surface area contributed by atoms with Gasteiger partial charge in [-0.2, -0.15) is 13.1 Å². The predicted molar refractivity (Wildman–Crippen MR) is 75.3 cm³/mol. The molecule has 1 aliphatic heterocycles. The van der Waals surface area contributed by atoms with Crippen molar-refractivity contribution in [3.63, 3.8) is 0 Å². The summed E-state index contributed by atoms with van der Waals surface area (Å²) in [6.07, 6.45) is 2.54. The highest BCUT2D eigenvalue weighted by Crippen LogP contribution is 2.16. The number of benzene rings is 1. The Kier molecular flexibility index (Phi) is 4.00. The SMILES string of the molecule is CS(=O)(=O)Nc1cccc(S(=O)(=O)NC2=[NH+]CCC2)c1. The van der Waals surface area contributed by atoms with Crippen LogP contribution >= 0.6 is 0 Å². The molecule has 0 saturated heterocycles. The van der Waals surface area contributed by atoms with Gasteiger partial charge in [0.05, 0.1) is 19.2 Å². The summed E-state index contributed by atoms with van der Waals surface area (Å²) in [5, 5.41) is 0. The maximum absolute atomic E-state index is 12.2. The lowest BCUT2D eigenvalue weighted by Crippen LogP contribution is -2.72. The van der Waals surface area contributed by atoms with E-state index in [4.69, 9.17) is 0 Å². The lowest BCUT2D eigenvalue weighted by atomic mass is 10.3. The molecule has 0 fully saturated rings. The minimum Gasteiger partial charge on any atom is -0.284 e. The van der Waals surface area contributed by atoms with Crippen molar-refractivity contribution in [2.45, 2.75) is 17.7 Å². The first-order chi connectivity index (χ1) is 9.26. The third-order valence-electron chi connectivity index (χ3n) is 2.65. The van der Waals surface area contributed by atoms with Crippen LogP contribution in [0.3, 0.4) is 0 Å². The van der Waals surface area contributed by atoms with E-state index < -0.39 is 20.0 Å². The predicted octanol–water partition coefficient (Wildman–Crippen LogP) is -1.39. The van der Waals surface area contributed by atoms with Gasteiger partial charge in [-0.3, -0.25) is 9.71 Å². The summed E-state index contributed by atoms with van der Waals surface area (Å²) in [5.74, 6) is 0.562. The van der Waals surface area contributed by atoms with Crippen molar-refractivity contribution in [1.82, 2.24) is 4.72 Å². The maximum atomic E-state index is 12.2. The molecule has 0 bridgehead atoms. The molecule has 0 aromatic heterocycles. The molecule has 0 amide bonds. The van der Waals surface area contributed by atoms with E-state index in [0.29, 0.717) is 12.3 Å². The molecule has 3 N–H and O–H groups in total. The van der Waals surface area contributed by atoms with Gasteiger partial charge < -0.3 is 0 Å². The van der Waals surface area contributed by atoms with Gasteiger partial charge in [-0.05, 0) is 24.6 Å². The fourth-order valence-electron chi connectivity index (χ4n) is 1.84. The van der Waals surface area contributed by atoms with Crippen LogP contribution in [0.2, 0.25) is 0 Å². The summed E-state index contributed by atoms with van der Waals surface area (Å²) >= 11 is 0. The number of hydrogen-bond acceptors (Lipinski definition) is 4. The van der Waals surface area contributed by atoms with Crippen molar-refractivity contribution in [2.75, 3.05) is 17.5 Å². The smallest absolute Gasteiger partial charge is 0.284 e. The van der Waals surface area contributed by atoms with E-state index in [0.717, 1.165) is 19.2 Å². The average molecular weight is 318 g/mol. The lowest BCUT2D eigenvalue weighted by molar-refractivity contribution is -0.448. The first kappa shape index (κ1) is 14.8. The van der Waals surface area contributed by atoms with E-state index in [9.17, 15) is 16.8 Å². The normalized spacial score (nSPS) is 15.8. The van der Waals surface area contributed by atoms with Gasteiger partial charge in [-0.15, -0.1) is 0 Å². The molecule has 0 unspecified atom stereocenters. The number of sulfonamides is 2. The van der Waals surface area contributed by atoms with Crippen molar-refractivity contribution >= 4 is 31.6 Å². The number of rotatable bonds is 4. The quantitative estimate of drug-likeness (QED) is 0.635. The van der Waals surface area contributed by atoms with E-state index in [2.05, 4.69) is 14.4 Å². The Labute approximate surface area is 118 Å². The Bertz CT molecular complexity index is 739. The summed E-state index contributed by atoms with van der Waals surface area (Å²) in [4.78, 5) is 2.96. The Hall–Kier alpha value is -1.61. The first-order valence-electron chi connectivity index (χ1n) is 5.97. The van der Waals surface area contributed by atoms with Crippen LogP contribution in [0.15, 0.2) is 29.2 Å². The standard InChI is InChI=1S/C11H15N3O4S2/c1-19(15,16)13-9-4-2-5-10(8-9)20(17,18)14-11-6-3-7-12-11/h2,4-5,8,13H,3,6-7H2,1H3,(H,12,14)/p+1. The van der Waals surface area contributed by atoms with Gasteiger partial charge >= 0.3 is 10.0 Å². The van der Waals surface area contributed by atoms with Gasteiger partial charge in [0.15, 0.2) is 0 Å². The number of anilines is 1. The summed E-state index contributed by atoms with van der Waals surface area (Å²) in [6.45, 7) is 0.744. The molecule has 1 heterocycles. The second kappa shape index (κ2) is 5.41. The van der Waals surface area contributed by atoms with Crippen molar-refractivity contribution in [1.29, 1.82) is 0 Å². The van der Waals surface area contributed by atoms with Crippen LogP contribution < -0.4 is 14.4 Å². The second-order valence-corrected chi connectivity index (χ2v) is 7.95. The van der Waals surface area contributed by atoms with Crippen LogP contribution in [0.4, 0.5) is 5.69 Å². The third kappa shape index (κ3) is 3.94. The number of amidine groups is 1. The van der Waals surface area contributed by atoms with Crippen LogP contribution in [0.1, 0.15) is 12.8 Å². The summed E-state index contributed by atoms with van der Waals surface area (Å²) in [5.41, 5.74) is 0.208. The maximum Gasteiger partial charge on any atom is 0.328 e. The molecule has 0 aliphatic carbocycles. The second-order valence-electron chi connectivity index (χ2n) is 4.52. The molecule has 110 valence electrons. The van der Waals surface area contributed by atoms with E-state index in [1.807, 2.05) is 0 Å². The molecule has 0 saturated carbocycles. The highest BCUT2D eigenvalue weighted by molar-refractivity contribution is 7.92. The molecule has 0 atom stereocenters. The summed E-state index contributed by atoms with van der Waals surface area (Å²) in [7, 11) is -7.15. The van der Waals surface area contributed by atoms with Crippen molar-refractivity contribution in [3.05, 3.63) is 24.3 Å². The van der Waals surface area contributed by atoms with Gasteiger partial charge in [0.1, 0.15) is 4.90 Å². The average Bonchev–Trinajstić information content (AvgIpc) is 2.79. The van der Waals surface area contributed by atoms with Gasteiger partial charge in [-0.1, -0.05) is 6.07 Å². The van der Waals surface area contributed by atoms with Crippen LogP contribution in [-0.2, 0) is 20.0 Å². The van der Waals surface area contributed by atoms with Gasteiger partial charge in [-0.25, -0.2) is 8.42 Å². The molecule has 20 heavy (non-hydrogen) atoms. The molecule has 0 spiro atoms. The zero-order chi connectivity index (χ0) is 14.8. The summed E-state index contributed by atoms with van der Waals surface area (Å²) in [6, 6.07) is 5.65. The van der Waals surface area contributed by atoms with E-state index in [1.54, 1.807) is 0 Å². The highest BCUT2D eigenvalue weighted by atomic mass is 32.2. The van der Waals surface area contributed by atoms with Crippen molar-refractivity contribution in [3.8, 4) is 0 Å². The molecule has 0 radical (unpaired) electrons. The number of nitrogens with one attached hydrogen (secondary N) is 3. The van der Waals surface area contributed by atoms with E-state index >= 15 is 0 Å². The van der Waals surface area contributed by atoms with E-state index in [-0.39, 0.29) is 10.6 Å². The zero-order valence-corrected chi connectivity index (χ0v) is 12.5.